The second-order valence-electron chi connectivity index (χ2n) is 3.87. The van der Waals surface area contributed by atoms with Crippen LogP contribution in [-0.4, -0.2) is 4.57 Å². The van der Waals surface area contributed by atoms with Crippen LogP contribution in [0.5, 0.6) is 0 Å². The van der Waals surface area contributed by atoms with E-state index in [1.54, 1.807) is 0 Å². The fourth-order valence-electron chi connectivity index (χ4n) is 2.16. The third-order valence-electron chi connectivity index (χ3n) is 2.92. The Balaban J connectivity index is 2.67. The SMILES string of the molecule is Cc1cc2c(n(C)c1=O)CCCC2. The summed E-state index contributed by atoms with van der Waals surface area (Å²) in [5.74, 6) is 0. The summed E-state index contributed by atoms with van der Waals surface area (Å²) in [5, 5.41) is 0. The minimum atomic E-state index is 0.167. The van der Waals surface area contributed by atoms with Crippen LogP contribution in [-0.2, 0) is 19.9 Å². The Morgan fingerprint density at radius 3 is 2.77 bits per heavy atom. The molecule has 0 atom stereocenters. The van der Waals surface area contributed by atoms with Gasteiger partial charge in [0.2, 0.25) is 0 Å². The van der Waals surface area contributed by atoms with Crippen molar-refractivity contribution in [2.75, 3.05) is 0 Å². The number of fused-ring (bicyclic) bond motifs is 1. The van der Waals surface area contributed by atoms with Gasteiger partial charge in [-0.1, -0.05) is 0 Å². The van der Waals surface area contributed by atoms with Gasteiger partial charge in [0, 0.05) is 18.3 Å². The van der Waals surface area contributed by atoms with E-state index in [2.05, 4.69) is 6.07 Å². The number of hydrogen-bond donors (Lipinski definition) is 0. The molecule has 0 bridgehead atoms. The number of rotatable bonds is 0. The predicted octanol–water partition coefficient (Wildman–Crippen LogP) is 1.57. The highest BCUT2D eigenvalue weighted by Gasteiger charge is 2.13. The summed E-state index contributed by atoms with van der Waals surface area (Å²) in [4.78, 5) is 11.6. The van der Waals surface area contributed by atoms with E-state index in [1.165, 1.54) is 24.1 Å². The van der Waals surface area contributed by atoms with Gasteiger partial charge < -0.3 is 4.57 Å². The summed E-state index contributed by atoms with van der Waals surface area (Å²) in [6.07, 6.45) is 4.71. The Morgan fingerprint density at radius 1 is 1.31 bits per heavy atom. The van der Waals surface area contributed by atoms with Crippen LogP contribution >= 0.6 is 0 Å². The lowest BCUT2D eigenvalue weighted by atomic mass is 9.95. The Bertz CT molecular complexity index is 390. The maximum atomic E-state index is 11.6. The van der Waals surface area contributed by atoms with E-state index in [0.717, 1.165) is 18.4 Å². The van der Waals surface area contributed by atoms with Crippen LogP contribution in [0.4, 0.5) is 0 Å². The Morgan fingerprint density at radius 2 is 2.00 bits per heavy atom. The first-order valence-electron chi connectivity index (χ1n) is 4.88. The molecule has 0 amide bonds. The lowest BCUT2D eigenvalue weighted by Gasteiger charge is -2.19. The molecule has 0 aromatic carbocycles. The average molecular weight is 177 g/mol. The normalized spacial score (nSPS) is 15.5. The van der Waals surface area contributed by atoms with E-state index in [1.807, 2.05) is 18.5 Å². The Labute approximate surface area is 78.2 Å². The molecular weight excluding hydrogens is 162 g/mol. The molecule has 0 aliphatic heterocycles. The first kappa shape index (κ1) is 8.54. The molecule has 2 heteroatoms. The molecule has 1 aliphatic rings. The number of nitrogens with zero attached hydrogens (tertiary/aromatic N) is 1. The maximum absolute atomic E-state index is 11.6. The van der Waals surface area contributed by atoms with Gasteiger partial charge in [0.25, 0.3) is 5.56 Å². The van der Waals surface area contributed by atoms with Gasteiger partial charge in [-0.15, -0.1) is 0 Å². The third kappa shape index (κ3) is 1.30. The highest BCUT2D eigenvalue weighted by molar-refractivity contribution is 5.27. The van der Waals surface area contributed by atoms with Crippen molar-refractivity contribution >= 4 is 0 Å². The van der Waals surface area contributed by atoms with Crippen LogP contribution < -0.4 is 5.56 Å². The van der Waals surface area contributed by atoms with E-state index in [9.17, 15) is 4.79 Å². The van der Waals surface area contributed by atoms with Crippen LogP contribution in [0.3, 0.4) is 0 Å². The quantitative estimate of drug-likeness (QED) is 0.589. The molecule has 2 rings (SSSR count). The fraction of sp³-hybridized carbons (Fsp3) is 0.545. The number of aromatic nitrogens is 1. The Hall–Kier alpha value is -1.05. The average Bonchev–Trinajstić information content (AvgIpc) is 2.15. The number of hydrogen-bond acceptors (Lipinski definition) is 1. The van der Waals surface area contributed by atoms with Crippen molar-refractivity contribution in [3.63, 3.8) is 0 Å². The zero-order valence-corrected chi connectivity index (χ0v) is 8.26. The van der Waals surface area contributed by atoms with Crippen LogP contribution in [0.15, 0.2) is 10.9 Å². The summed E-state index contributed by atoms with van der Waals surface area (Å²) in [7, 11) is 1.89. The van der Waals surface area contributed by atoms with Crippen molar-refractivity contribution in [3.05, 3.63) is 33.2 Å². The van der Waals surface area contributed by atoms with Crippen molar-refractivity contribution in [2.24, 2.45) is 7.05 Å². The molecule has 0 saturated carbocycles. The molecule has 1 heterocycles. The van der Waals surface area contributed by atoms with Gasteiger partial charge in [-0.3, -0.25) is 4.79 Å². The van der Waals surface area contributed by atoms with E-state index in [-0.39, 0.29) is 5.56 Å². The molecule has 0 fully saturated rings. The summed E-state index contributed by atoms with van der Waals surface area (Å²) >= 11 is 0. The van der Waals surface area contributed by atoms with Crippen LogP contribution in [0.25, 0.3) is 0 Å². The molecule has 1 aliphatic carbocycles. The summed E-state index contributed by atoms with van der Waals surface area (Å²) in [5.41, 5.74) is 3.68. The first-order valence-corrected chi connectivity index (χ1v) is 4.88. The fourth-order valence-corrected chi connectivity index (χ4v) is 2.16. The smallest absolute Gasteiger partial charge is 0.253 e. The monoisotopic (exact) mass is 177 g/mol. The molecular formula is C11H15NO. The second-order valence-corrected chi connectivity index (χ2v) is 3.87. The lowest BCUT2D eigenvalue weighted by Crippen LogP contribution is -2.25. The topological polar surface area (TPSA) is 22.0 Å². The van der Waals surface area contributed by atoms with Gasteiger partial charge in [-0.05, 0) is 44.2 Å². The second kappa shape index (κ2) is 3.02. The van der Waals surface area contributed by atoms with Crippen molar-refractivity contribution in [3.8, 4) is 0 Å². The van der Waals surface area contributed by atoms with Crippen LogP contribution in [0.2, 0.25) is 0 Å². The highest BCUT2D eigenvalue weighted by atomic mass is 16.1. The largest absolute Gasteiger partial charge is 0.315 e. The molecule has 0 radical (unpaired) electrons. The molecule has 0 saturated heterocycles. The Kier molecular flexibility index (Phi) is 1.98. The van der Waals surface area contributed by atoms with Crippen molar-refractivity contribution in [1.29, 1.82) is 0 Å². The molecule has 0 N–H and O–H groups in total. The zero-order chi connectivity index (χ0) is 9.42. The maximum Gasteiger partial charge on any atom is 0.253 e. The lowest BCUT2D eigenvalue weighted by molar-refractivity contribution is 0.621. The van der Waals surface area contributed by atoms with Gasteiger partial charge in [0.1, 0.15) is 0 Å². The third-order valence-corrected chi connectivity index (χ3v) is 2.92. The highest BCUT2D eigenvalue weighted by Crippen LogP contribution is 2.19. The standard InChI is InChI=1S/C11H15NO/c1-8-7-9-5-3-4-6-10(9)12(2)11(8)13/h7H,3-6H2,1-2H3. The van der Waals surface area contributed by atoms with Crippen molar-refractivity contribution in [1.82, 2.24) is 4.57 Å². The molecule has 1 aromatic rings. The number of aryl methyl sites for hydroxylation is 2. The predicted molar refractivity (Wildman–Crippen MR) is 53.1 cm³/mol. The molecule has 0 unspecified atom stereocenters. The molecule has 2 nitrogen and oxygen atoms in total. The summed E-state index contributed by atoms with van der Waals surface area (Å²) in [6.45, 7) is 1.90. The van der Waals surface area contributed by atoms with E-state index in [4.69, 9.17) is 0 Å². The van der Waals surface area contributed by atoms with Gasteiger partial charge in [-0.2, -0.15) is 0 Å². The molecule has 1 aromatic heterocycles. The van der Waals surface area contributed by atoms with Gasteiger partial charge in [0.05, 0.1) is 0 Å². The number of pyridine rings is 1. The van der Waals surface area contributed by atoms with Crippen molar-refractivity contribution in [2.45, 2.75) is 32.6 Å². The zero-order valence-electron chi connectivity index (χ0n) is 8.26. The van der Waals surface area contributed by atoms with Crippen LogP contribution in [0, 0.1) is 6.92 Å². The molecule has 13 heavy (non-hydrogen) atoms. The van der Waals surface area contributed by atoms with Crippen molar-refractivity contribution < 1.29 is 0 Å². The van der Waals surface area contributed by atoms with Crippen LogP contribution in [0.1, 0.15) is 29.7 Å². The summed E-state index contributed by atoms with van der Waals surface area (Å²) in [6, 6.07) is 2.07. The first-order chi connectivity index (χ1) is 6.20. The minimum Gasteiger partial charge on any atom is -0.315 e. The van der Waals surface area contributed by atoms with E-state index < -0.39 is 0 Å². The molecule has 70 valence electrons. The van der Waals surface area contributed by atoms with Gasteiger partial charge >= 0.3 is 0 Å². The minimum absolute atomic E-state index is 0.167. The van der Waals surface area contributed by atoms with Gasteiger partial charge in [-0.25, -0.2) is 0 Å². The van der Waals surface area contributed by atoms with E-state index >= 15 is 0 Å². The van der Waals surface area contributed by atoms with Gasteiger partial charge in [0.15, 0.2) is 0 Å². The van der Waals surface area contributed by atoms with E-state index in [0.29, 0.717) is 0 Å². The summed E-state index contributed by atoms with van der Waals surface area (Å²) < 4.78 is 1.82. The molecule has 0 spiro atoms.